The minimum atomic E-state index is -0.133. The molecule has 1 fully saturated rings. The van der Waals surface area contributed by atoms with Crippen LogP contribution in [0, 0.1) is 11.8 Å². The summed E-state index contributed by atoms with van der Waals surface area (Å²) in [7, 11) is 0. The van der Waals surface area contributed by atoms with Crippen LogP contribution in [0.15, 0.2) is 34.0 Å². The third-order valence-corrected chi connectivity index (χ3v) is 6.66. The molecule has 7 heteroatoms. The van der Waals surface area contributed by atoms with Crippen LogP contribution in [0.4, 0.5) is 0 Å². The first-order chi connectivity index (χ1) is 12.5. The summed E-state index contributed by atoms with van der Waals surface area (Å²) in [6.07, 6.45) is 2.66. The lowest BCUT2D eigenvalue weighted by molar-refractivity contribution is -0.134. The van der Waals surface area contributed by atoms with Crippen molar-refractivity contribution in [2.24, 2.45) is 11.8 Å². The SMILES string of the molecule is CC1CC(C)CN(C(=O)Cn2cnc3scc(-c4cccs4)c3c2=O)C1. The second-order valence-electron chi connectivity index (χ2n) is 7.23. The zero-order valence-electron chi connectivity index (χ0n) is 14.8. The Bertz CT molecular complexity index is 980. The third-order valence-electron chi connectivity index (χ3n) is 4.87. The summed E-state index contributed by atoms with van der Waals surface area (Å²) in [5.74, 6) is 1.00. The van der Waals surface area contributed by atoms with E-state index in [1.54, 1.807) is 11.3 Å². The fraction of sp³-hybridized carbons (Fsp3) is 0.421. The third kappa shape index (κ3) is 3.21. The number of likely N-dealkylation sites (tertiary alicyclic amines) is 1. The van der Waals surface area contributed by atoms with Gasteiger partial charge in [-0.25, -0.2) is 4.98 Å². The zero-order chi connectivity index (χ0) is 18.3. The molecular weight excluding hydrogens is 366 g/mol. The predicted octanol–water partition coefficient (Wildman–Crippen LogP) is 3.69. The number of fused-ring (bicyclic) bond motifs is 1. The van der Waals surface area contributed by atoms with E-state index in [9.17, 15) is 9.59 Å². The van der Waals surface area contributed by atoms with Crippen molar-refractivity contribution in [2.75, 3.05) is 13.1 Å². The van der Waals surface area contributed by atoms with Crippen molar-refractivity contribution in [3.05, 3.63) is 39.6 Å². The maximum absolute atomic E-state index is 13.0. The van der Waals surface area contributed by atoms with Crippen LogP contribution in [0.5, 0.6) is 0 Å². The summed E-state index contributed by atoms with van der Waals surface area (Å²) in [5.41, 5.74) is 0.783. The number of thiophene rings is 2. The molecule has 1 aliphatic heterocycles. The van der Waals surface area contributed by atoms with Crippen LogP contribution in [-0.4, -0.2) is 33.4 Å². The number of rotatable bonds is 3. The van der Waals surface area contributed by atoms with Gasteiger partial charge in [-0.15, -0.1) is 22.7 Å². The Morgan fingerprint density at radius 1 is 1.27 bits per heavy atom. The minimum absolute atomic E-state index is 0.000414. The van der Waals surface area contributed by atoms with Gasteiger partial charge in [0.2, 0.25) is 5.91 Å². The van der Waals surface area contributed by atoms with Crippen LogP contribution in [0.2, 0.25) is 0 Å². The summed E-state index contributed by atoms with van der Waals surface area (Å²) in [4.78, 5) is 33.8. The molecule has 0 bridgehead atoms. The molecule has 26 heavy (non-hydrogen) atoms. The Labute approximate surface area is 159 Å². The van der Waals surface area contributed by atoms with E-state index in [4.69, 9.17) is 0 Å². The highest BCUT2D eigenvalue weighted by atomic mass is 32.1. The fourth-order valence-corrected chi connectivity index (χ4v) is 5.53. The number of hydrogen-bond acceptors (Lipinski definition) is 5. The highest BCUT2D eigenvalue weighted by Gasteiger charge is 2.26. The molecule has 4 heterocycles. The van der Waals surface area contributed by atoms with Gasteiger partial charge in [-0.3, -0.25) is 14.2 Å². The number of amides is 1. The first-order valence-electron chi connectivity index (χ1n) is 8.81. The second kappa shape index (κ2) is 6.96. The molecule has 3 aromatic rings. The summed E-state index contributed by atoms with van der Waals surface area (Å²) in [6, 6.07) is 3.98. The Morgan fingerprint density at radius 2 is 2.04 bits per heavy atom. The average Bonchev–Trinajstić information content (AvgIpc) is 3.25. The zero-order valence-corrected chi connectivity index (χ0v) is 16.5. The van der Waals surface area contributed by atoms with Crippen LogP contribution in [0.3, 0.4) is 0 Å². The molecular formula is C19H21N3O2S2. The summed E-state index contributed by atoms with van der Waals surface area (Å²) in [5, 5.41) is 4.59. The van der Waals surface area contributed by atoms with Crippen molar-refractivity contribution in [3.8, 4) is 10.4 Å². The quantitative estimate of drug-likeness (QED) is 0.689. The lowest BCUT2D eigenvalue weighted by Gasteiger charge is -2.35. The number of carbonyl (C=O) groups is 1. The number of carbonyl (C=O) groups excluding carboxylic acids is 1. The van der Waals surface area contributed by atoms with E-state index in [1.807, 2.05) is 27.8 Å². The first kappa shape index (κ1) is 17.4. The van der Waals surface area contributed by atoms with Crippen molar-refractivity contribution in [1.29, 1.82) is 0 Å². The predicted molar refractivity (Wildman–Crippen MR) is 107 cm³/mol. The van der Waals surface area contributed by atoms with Crippen molar-refractivity contribution in [3.63, 3.8) is 0 Å². The molecule has 4 rings (SSSR count). The molecule has 0 aliphatic carbocycles. The van der Waals surface area contributed by atoms with E-state index < -0.39 is 0 Å². The molecule has 1 amide bonds. The largest absolute Gasteiger partial charge is 0.341 e. The van der Waals surface area contributed by atoms with Gasteiger partial charge >= 0.3 is 0 Å². The number of nitrogens with zero attached hydrogens (tertiary/aromatic N) is 3. The van der Waals surface area contributed by atoms with Crippen LogP contribution < -0.4 is 5.56 Å². The molecule has 0 saturated carbocycles. The lowest BCUT2D eigenvalue weighted by Crippen LogP contribution is -2.44. The Balaban J connectivity index is 1.65. The van der Waals surface area contributed by atoms with Crippen LogP contribution in [0.1, 0.15) is 20.3 Å². The van der Waals surface area contributed by atoms with E-state index in [1.165, 1.54) is 22.2 Å². The van der Waals surface area contributed by atoms with Crippen LogP contribution in [-0.2, 0) is 11.3 Å². The molecule has 2 atom stereocenters. The van der Waals surface area contributed by atoms with Gasteiger partial charge in [-0.05, 0) is 29.7 Å². The summed E-state index contributed by atoms with van der Waals surface area (Å²) >= 11 is 3.07. The maximum Gasteiger partial charge on any atom is 0.263 e. The smallest absolute Gasteiger partial charge is 0.263 e. The highest BCUT2D eigenvalue weighted by molar-refractivity contribution is 7.18. The highest BCUT2D eigenvalue weighted by Crippen LogP contribution is 2.33. The van der Waals surface area contributed by atoms with Gasteiger partial charge in [0, 0.05) is 28.9 Å². The topological polar surface area (TPSA) is 55.2 Å². The Kier molecular flexibility index (Phi) is 4.67. The van der Waals surface area contributed by atoms with Gasteiger partial charge in [-0.2, -0.15) is 0 Å². The molecule has 136 valence electrons. The summed E-state index contributed by atoms with van der Waals surface area (Å²) < 4.78 is 1.46. The van der Waals surface area contributed by atoms with Gasteiger partial charge in [0.05, 0.1) is 11.7 Å². The van der Waals surface area contributed by atoms with Crippen molar-refractivity contribution < 1.29 is 4.79 Å². The van der Waals surface area contributed by atoms with Crippen molar-refractivity contribution in [2.45, 2.75) is 26.8 Å². The lowest BCUT2D eigenvalue weighted by atomic mass is 9.92. The molecule has 1 saturated heterocycles. The Morgan fingerprint density at radius 3 is 2.73 bits per heavy atom. The van der Waals surface area contributed by atoms with Crippen LogP contribution >= 0.6 is 22.7 Å². The number of piperidine rings is 1. The molecule has 0 N–H and O–H groups in total. The molecule has 1 aliphatic rings. The van der Waals surface area contributed by atoms with E-state index >= 15 is 0 Å². The fourth-order valence-electron chi connectivity index (χ4n) is 3.81. The Hall–Kier alpha value is -1.99. The standard InChI is InChI=1S/C19H21N3O2S2/c1-12-6-13(2)8-21(7-12)16(23)9-22-11-20-18-17(19(22)24)14(10-26-18)15-4-3-5-25-15/h3-5,10-13H,6-9H2,1-2H3. The minimum Gasteiger partial charge on any atom is -0.341 e. The van der Waals surface area contributed by atoms with E-state index in [2.05, 4.69) is 18.8 Å². The van der Waals surface area contributed by atoms with Gasteiger partial charge < -0.3 is 4.90 Å². The van der Waals surface area contributed by atoms with Gasteiger partial charge in [0.15, 0.2) is 0 Å². The van der Waals surface area contributed by atoms with Crippen molar-refractivity contribution in [1.82, 2.24) is 14.5 Å². The van der Waals surface area contributed by atoms with E-state index in [0.717, 1.165) is 34.8 Å². The van der Waals surface area contributed by atoms with Crippen LogP contribution in [0.25, 0.3) is 20.7 Å². The molecule has 0 radical (unpaired) electrons. The van der Waals surface area contributed by atoms with Gasteiger partial charge in [0.1, 0.15) is 11.4 Å². The van der Waals surface area contributed by atoms with Gasteiger partial charge in [0.25, 0.3) is 5.56 Å². The van der Waals surface area contributed by atoms with Crippen molar-refractivity contribution >= 4 is 38.8 Å². The normalized spacial score (nSPS) is 20.6. The first-order valence-corrected chi connectivity index (χ1v) is 10.6. The van der Waals surface area contributed by atoms with E-state index in [-0.39, 0.29) is 18.0 Å². The summed E-state index contributed by atoms with van der Waals surface area (Å²) in [6.45, 7) is 5.95. The maximum atomic E-state index is 13.0. The molecule has 2 unspecified atom stereocenters. The number of hydrogen-bond donors (Lipinski definition) is 0. The molecule has 0 spiro atoms. The van der Waals surface area contributed by atoms with E-state index in [0.29, 0.717) is 17.2 Å². The molecule has 0 aromatic carbocycles. The number of aromatic nitrogens is 2. The molecule has 5 nitrogen and oxygen atoms in total. The van der Waals surface area contributed by atoms with Gasteiger partial charge in [-0.1, -0.05) is 19.9 Å². The molecule has 3 aromatic heterocycles. The monoisotopic (exact) mass is 387 g/mol. The second-order valence-corrected chi connectivity index (χ2v) is 9.04. The average molecular weight is 388 g/mol.